The Morgan fingerprint density at radius 1 is 1.14 bits per heavy atom. The molecule has 1 aliphatic heterocycles. The first-order chi connectivity index (χ1) is 13.8. The molecule has 3 rings (SSSR count). The maximum absolute atomic E-state index is 12.7. The molecule has 0 aliphatic carbocycles. The molecule has 29 heavy (non-hydrogen) atoms. The summed E-state index contributed by atoms with van der Waals surface area (Å²) < 4.78 is 31.0. The third-order valence-corrected chi connectivity index (χ3v) is 7.32. The monoisotopic (exact) mass is 434 g/mol. The van der Waals surface area contributed by atoms with Crippen LogP contribution in [0.4, 0.5) is 0 Å². The lowest BCUT2D eigenvalue weighted by Gasteiger charge is -2.22. The van der Waals surface area contributed by atoms with E-state index in [4.69, 9.17) is 4.74 Å². The van der Waals surface area contributed by atoms with Crippen LogP contribution in [0, 0.1) is 0 Å². The molecule has 0 radical (unpaired) electrons. The van der Waals surface area contributed by atoms with Crippen molar-refractivity contribution in [2.75, 3.05) is 25.7 Å². The van der Waals surface area contributed by atoms with Gasteiger partial charge in [0.1, 0.15) is 12.6 Å². The summed E-state index contributed by atoms with van der Waals surface area (Å²) in [6.07, 6.45) is 0. The standard InChI is InChI=1S/C20H22N2O5S2/c1-21(2)29(25,26)17-10-6-7-15(11-17)12-27-20(24)18-13-28-14-22(18)19(23)16-8-4-3-5-9-16/h3-11,18H,12-14H2,1-2H3/t18-/m0/s1. The number of hydrogen-bond donors (Lipinski definition) is 0. The van der Waals surface area contributed by atoms with Crippen molar-refractivity contribution in [1.29, 1.82) is 0 Å². The van der Waals surface area contributed by atoms with Crippen molar-refractivity contribution in [3.63, 3.8) is 0 Å². The molecule has 1 fully saturated rings. The molecule has 2 aromatic rings. The smallest absolute Gasteiger partial charge is 0.330 e. The van der Waals surface area contributed by atoms with Crippen LogP contribution in [0.5, 0.6) is 0 Å². The zero-order valence-electron chi connectivity index (χ0n) is 16.1. The molecule has 9 heteroatoms. The number of nitrogens with zero attached hydrogens (tertiary/aromatic N) is 2. The summed E-state index contributed by atoms with van der Waals surface area (Å²) >= 11 is 1.49. The molecule has 0 saturated carbocycles. The van der Waals surface area contributed by atoms with E-state index in [1.165, 1.54) is 42.9 Å². The van der Waals surface area contributed by atoms with E-state index in [9.17, 15) is 18.0 Å². The highest BCUT2D eigenvalue weighted by molar-refractivity contribution is 7.99. The fourth-order valence-electron chi connectivity index (χ4n) is 2.84. The second-order valence-electron chi connectivity index (χ2n) is 6.70. The fraction of sp³-hybridized carbons (Fsp3) is 0.300. The van der Waals surface area contributed by atoms with Gasteiger partial charge in [-0.15, -0.1) is 11.8 Å². The summed E-state index contributed by atoms with van der Waals surface area (Å²) in [5.41, 5.74) is 1.09. The molecule has 0 bridgehead atoms. The molecule has 1 heterocycles. The van der Waals surface area contributed by atoms with Gasteiger partial charge in [0.2, 0.25) is 10.0 Å². The first-order valence-electron chi connectivity index (χ1n) is 8.92. The van der Waals surface area contributed by atoms with Crippen LogP contribution >= 0.6 is 11.8 Å². The van der Waals surface area contributed by atoms with Gasteiger partial charge in [0.25, 0.3) is 5.91 Å². The van der Waals surface area contributed by atoms with E-state index in [0.29, 0.717) is 22.8 Å². The SMILES string of the molecule is CN(C)S(=O)(=O)c1cccc(COC(=O)[C@@H]2CSCN2C(=O)c2ccccc2)c1. The molecule has 0 aromatic heterocycles. The van der Waals surface area contributed by atoms with Crippen molar-refractivity contribution in [2.24, 2.45) is 0 Å². The Labute approximate surface area is 174 Å². The number of hydrogen-bond acceptors (Lipinski definition) is 6. The lowest BCUT2D eigenvalue weighted by Crippen LogP contribution is -2.42. The molecule has 1 aliphatic rings. The minimum absolute atomic E-state index is 0.0653. The van der Waals surface area contributed by atoms with Crippen molar-refractivity contribution in [1.82, 2.24) is 9.21 Å². The fourth-order valence-corrected chi connectivity index (χ4v) is 4.95. The van der Waals surface area contributed by atoms with Gasteiger partial charge in [-0.25, -0.2) is 17.5 Å². The third kappa shape index (κ3) is 4.80. The Kier molecular flexibility index (Phi) is 6.61. The minimum atomic E-state index is -3.57. The minimum Gasteiger partial charge on any atom is -0.459 e. The van der Waals surface area contributed by atoms with Crippen LogP contribution in [0.3, 0.4) is 0 Å². The Hall–Kier alpha value is -2.36. The van der Waals surface area contributed by atoms with Crippen LogP contribution in [0.1, 0.15) is 15.9 Å². The van der Waals surface area contributed by atoms with Crippen LogP contribution in [0.25, 0.3) is 0 Å². The maximum atomic E-state index is 12.7. The molecule has 0 spiro atoms. The van der Waals surface area contributed by atoms with E-state index < -0.39 is 22.0 Å². The normalized spacial score (nSPS) is 16.8. The molecular weight excluding hydrogens is 412 g/mol. The number of ether oxygens (including phenoxy) is 1. The summed E-state index contributed by atoms with van der Waals surface area (Å²) in [5.74, 6) is 0.174. The highest BCUT2D eigenvalue weighted by Crippen LogP contribution is 2.24. The number of amides is 1. The molecule has 0 N–H and O–H groups in total. The number of sulfonamides is 1. The van der Waals surface area contributed by atoms with Gasteiger partial charge in [-0.1, -0.05) is 30.3 Å². The van der Waals surface area contributed by atoms with E-state index in [1.54, 1.807) is 36.4 Å². The van der Waals surface area contributed by atoms with E-state index in [1.807, 2.05) is 6.07 Å². The van der Waals surface area contributed by atoms with Crippen molar-refractivity contribution < 1.29 is 22.7 Å². The zero-order chi connectivity index (χ0) is 21.0. The number of thioether (sulfide) groups is 1. The van der Waals surface area contributed by atoms with Crippen molar-refractivity contribution >= 4 is 33.7 Å². The molecular formula is C20H22N2O5S2. The summed E-state index contributed by atoms with van der Waals surface area (Å²) in [7, 11) is -0.655. The van der Waals surface area contributed by atoms with E-state index >= 15 is 0 Å². The van der Waals surface area contributed by atoms with Crippen LogP contribution in [0.2, 0.25) is 0 Å². The van der Waals surface area contributed by atoms with Crippen LogP contribution < -0.4 is 0 Å². The molecule has 1 amide bonds. The van der Waals surface area contributed by atoms with Gasteiger partial charge in [0.15, 0.2) is 0 Å². The molecule has 1 atom stereocenters. The molecule has 7 nitrogen and oxygen atoms in total. The van der Waals surface area contributed by atoms with Gasteiger partial charge in [-0.3, -0.25) is 4.79 Å². The summed E-state index contributed by atoms with van der Waals surface area (Å²) in [6.45, 7) is -0.0653. The number of carbonyl (C=O) groups is 2. The third-order valence-electron chi connectivity index (χ3n) is 4.49. The van der Waals surface area contributed by atoms with Gasteiger partial charge < -0.3 is 9.64 Å². The Bertz CT molecular complexity index is 993. The van der Waals surface area contributed by atoms with E-state index in [2.05, 4.69) is 0 Å². The van der Waals surface area contributed by atoms with E-state index in [-0.39, 0.29) is 17.4 Å². The van der Waals surface area contributed by atoms with Crippen LogP contribution in [-0.4, -0.2) is 61.3 Å². The lowest BCUT2D eigenvalue weighted by atomic mass is 10.2. The summed E-state index contributed by atoms with van der Waals surface area (Å²) in [4.78, 5) is 26.9. The number of rotatable bonds is 6. The molecule has 0 unspecified atom stereocenters. The van der Waals surface area contributed by atoms with Crippen molar-refractivity contribution in [3.05, 3.63) is 65.7 Å². The van der Waals surface area contributed by atoms with Gasteiger partial charge in [-0.2, -0.15) is 0 Å². The van der Waals surface area contributed by atoms with Gasteiger partial charge in [0.05, 0.1) is 10.8 Å². The average Bonchev–Trinajstić information content (AvgIpc) is 3.22. The predicted octanol–water partition coefficient (Wildman–Crippen LogP) is 2.20. The molecule has 154 valence electrons. The van der Waals surface area contributed by atoms with E-state index in [0.717, 1.165) is 4.31 Å². The quantitative estimate of drug-likeness (QED) is 0.648. The lowest BCUT2D eigenvalue weighted by molar-refractivity contribution is -0.149. The van der Waals surface area contributed by atoms with Crippen molar-refractivity contribution in [2.45, 2.75) is 17.5 Å². The van der Waals surface area contributed by atoms with Crippen molar-refractivity contribution in [3.8, 4) is 0 Å². The summed E-state index contributed by atoms with van der Waals surface area (Å²) in [6, 6.07) is 14.4. The molecule has 2 aromatic carbocycles. The topological polar surface area (TPSA) is 84.0 Å². The highest BCUT2D eigenvalue weighted by atomic mass is 32.2. The largest absolute Gasteiger partial charge is 0.459 e. The Morgan fingerprint density at radius 2 is 1.86 bits per heavy atom. The number of carbonyl (C=O) groups excluding carboxylic acids is 2. The number of esters is 1. The first-order valence-corrected chi connectivity index (χ1v) is 11.5. The Morgan fingerprint density at radius 3 is 2.55 bits per heavy atom. The highest BCUT2D eigenvalue weighted by Gasteiger charge is 2.36. The Balaban J connectivity index is 1.67. The molecule has 1 saturated heterocycles. The average molecular weight is 435 g/mol. The van der Waals surface area contributed by atoms with Crippen LogP contribution in [0.15, 0.2) is 59.5 Å². The van der Waals surface area contributed by atoms with Gasteiger partial charge >= 0.3 is 5.97 Å². The summed E-state index contributed by atoms with van der Waals surface area (Å²) in [5, 5.41) is 0. The number of benzene rings is 2. The second kappa shape index (κ2) is 8.98. The maximum Gasteiger partial charge on any atom is 0.330 e. The first kappa shape index (κ1) is 21.4. The van der Waals surface area contributed by atoms with Gasteiger partial charge in [0, 0.05) is 25.4 Å². The second-order valence-corrected chi connectivity index (χ2v) is 9.85. The van der Waals surface area contributed by atoms with Gasteiger partial charge in [-0.05, 0) is 29.8 Å². The van der Waals surface area contributed by atoms with Crippen LogP contribution in [-0.2, 0) is 26.2 Å². The predicted molar refractivity (Wildman–Crippen MR) is 111 cm³/mol. The zero-order valence-corrected chi connectivity index (χ0v) is 17.8.